The van der Waals surface area contributed by atoms with E-state index in [9.17, 15) is 9.59 Å². The minimum atomic E-state index is -0.731. The third-order valence-electron chi connectivity index (χ3n) is 6.47. The van der Waals surface area contributed by atoms with Gasteiger partial charge in [0.05, 0.1) is 30.7 Å². The van der Waals surface area contributed by atoms with Gasteiger partial charge in [0.25, 0.3) is 5.91 Å². The summed E-state index contributed by atoms with van der Waals surface area (Å²) in [6.45, 7) is 4.56. The molecular formula is C29H26ClNO5. The van der Waals surface area contributed by atoms with Crippen LogP contribution in [0.15, 0.2) is 69.9 Å². The normalized spacial score (nSPS) is 14.8. The number of hydrogen-bond acceptors (Lipinski definition) is 5. The zero-order valence-electron chi connectivity index (χ0n) is 20.3. The average molecular weight is 504 g/mol. The molecule has 2 heterocycles. The van der Waals surface area contributed by atoms with E-state index in [1.807, 2.05) is 37.3 Å². The molecule has 5 rings (SSSR count). The Labute approximate surface area is 214 Å². The van der Waals surface area contributed by atoms with Crippen LogP contribution < -0.4 is 19.8 Å². The fraction of sp³-hybridized carbons (Fsp3) is 0.241. The summed E-state index contributed by atoms with van der Waals surface area (Å²) in [5, 5.41) is 0.945. The molecule has 0 spiro atoms. The van der Waals surface area contributed by atoms with Crippen LogP contribution in [0.1, 0.15) is 53.1 Å². The quantitative estimate of drug-likeness (QED) is 0.263. The molecule has 1 amide bonds. The molecule has 0 fully saturated rings. The molecule has 6 nitrogen and oxygen atoms in total. The lowest BCUT2D eigenvalue weighted by atomic mass is 9.97. The van der Waals surface area contributed by atoms with Crippen LogP contribution in [0.5, 0.6) is 11.5 Å². The zero-order chi connectivity index (χ0) is 25.4. The van der Waals surface area contributed by atoms with Crippen LogP contribution in [0.3, 0.4) is 0 Å². The molecule has 1 atom stereocenters. The summed E-state index contributed by atoms with van der Waals surface area (Å²) in [4.78, 5) is 29.0. The van der Waals surface area contributed by atoms with Gasteiger partial charge in [-0.15, -0.1) is 0 Å². The summed E-state index contributed by atoms with van der Waals surface area (Å²) in [6.07, 6.45) is 1.94. The maximum absolute atomic E-state index is 13.8. The van der Waals surface area contributed by atoms with E-state index in [1.54, 1.807) is 42.3 Å². The van der Waals surface area contributed by atoms with Crippen LogP contribution in [0.25, 0.3) is 11.0 Å². The molecule has 0 saturated carbocycles. The SMILES string of the molecule is CCCCOc1ccc(C2c3c(oc4ccccc4c3=O)C(=O)N2c2ccc(C)c(Cl)c2)cc1OC. The van der Waals surface area contributed by atoms with Crippen molar-refractivity contribution in [2.75, 3.05) is 18.6 Å². The zero-order valence-corrected chi connectivity index (χ0v) is 21.1. The van der Waals surface area contributed by atoms with E-state index in [-0.39, 0.29) is 16.8 Å². The highest BCUT2D eigenvalue weighted by Crippen LogP contribution is 2.44. The molecule has 0 saturated heterocycles. The van der Waals surface area contributed by atoms with Gasteiger partial charge in [-0.1, -0.05) is 49.2 Å². The predicted molar refractivity (Wildman–Crippen MR) is 141 cm³/mol. The van der Waals surface area contributed by atoms with Crippen molar-refractivity contribution in [1.29, 1.82) is 0 Å². The number of unbranched alkanes of at least 4 members (excludes halogenated alkanes) is 1. The van der Waals surface area contributed by atoms with Gasteiger partial charge < -0.3 is 13.9 Å². The Kier molecular flexibility index (Phi) is 6.46. The molecule has 4 aromatic rings. The number of anilines is 1. The maximum atomic E-state index is 13.8. The van der Waals surface area contributed by atoms with Crippen LogP contribution >= 0.6 is 11.6 Å². The van der Waals surface area contributed by atoms with Gasteiger partial charge in [-0.25, -0.2) is 0 Å². The lowest BCUT2D eigenvalue weighted by Gasteiger charge is -2.26. The monoisotopic (exact) mass is 503 g/mol. The molecule has 1 aliphatic rings. The van der Waals surface area contributed by atoms with E-state index < -0.39 is 11.9 Å². The van der Waals surface area contributed by atoms with Crippen LogP contribution in [0.2, 0.25) is 5.02 Å². The van der Waals surface area contributed by atoms with E-state index in [2.05, 4.69) is 6.92 Å². The number of halogens is 1. The smallest absolute Gasteiger partial charge is 0.295 e. The molecular weight excluding hydrogens is 478 g/mol. The lowest BCUT2D eigenvalue weighted by molar-refractivity contribution is 0.0971. The largest absolute Gasteiger partial charge is 0.493 e. The number of fused-ring (bicyclic) bond motifs is 2. The van der Waals surface area contributed by atoms with Crippen molar-refractivity contribution in [3.05, 3.63) is 98.4 Å². The molecule has 1 aliphatic heterocycles. The number of rotatable bonds is 7. The highest BCUT2D eigenvalue weighted by atomic mass is 35.5. The second-order valence-corrected chi connectivity index (χ2v) is 9.20. The Morgan fingerprint density at radius 1 is 1.03 bits per heavy atom. The molecule has 7 heteroatoms. The molecule has 0 aliphatic carbocycles. The maximum Gasteiger partial charge on any atom is 0.295 e. The topological polar surface area (TPSA) is 69.0 Å². The first-order valence-electron chi connectivity index (χ1n) is 11.9. The first-order valence-corrected chi connectivity index (χ1v) is 12.3. The van der Waals surface area contributed by atoms with Gasteiger partial charge in [0.15, 0.2) is 16.9 Å². The van der Waals surface area contributed by atoms with Gasteiger partial charge in [-0.2, -0.15) is 0 Å². The van der Waals surface area contributed by atoms with Crippen molar-refractivity contribution in [3.8, 4) is 11.5 Å². The van der Waals surface area contributed by atoms with Gasteiger partial charge in [-0.05, 0) is 60.9 Å². The second kappa shape index (κ2) is 9.70. The van der Waals surface area contributed by atoms with Crippen molar-refractivity contribution in [2.45, 2.75) is 32.7 Å². The number of benzene rings is 3. The number of hydrogen-bond donors (Lipinski definition) is 0. The second-order valence-electron chi connectivity index (χ2n) is 8.79. The molecule has 184 valence electrons. The highest BCUT2D eigenvalue weighted by Gasteiger charge is 2.44. The molecule has 36 heavy (non-hydrogen) atoms. The number of carbonyl (C=O) groups excluding carboxylic acids is 1. The van der Waals surface area contributed by atoms with Gasteiger partial charge in [0.2, 0.25) is 5.76 Å². The van der Waals surface area contributed by atoms with Gasteiger partial charge >= 0.3 is 0 Å². The minimum Gasteiger partial charge on any atom is -0.493 e. The number of ether oxygens (including phenoxy) is 2. The molecule has 0 radical (unpaired) electrons. The van der Waals surface area contributed by atoms with E-state index in [1.165, 1.54) is 0 Å². The summed E-state index contributed by atoms with van der Waals surface area (Å²) in [7, 11) is 1.57. The first kappa shape index (κ1) is 23.9. The first-order chi connectivity index (χ1) is 17.4. The van der Waals surface area contributed by atoms with Gasteiger partial charge in [0, 0.05) is 10.7 Å². The summed E-state index contributed by atoms with van der Waals surface area (Å²) < 4.78 is 17.5. The predicted octanol–water partition coefficient (Wildman–Crippen LogP) is 6.69. The van der Waals surface area contributed by atoms with Crippen molar-refractivity contribution in [2.24, 2.45) is 0 Å². The van der Waals surface area contributed by atoms with Crippen LogP contribution in [-0.4, -0.2) is 19.6 Å². The van der Waals surface area contributed by atoms with Crippen molar-refractivity contribution in [3.63, 3.8) is 0 Å². The number of nitrogens with zero attached hydrogens (tertiary/aromatic N) is 1. The Hall–Kier alpha value is -3.77. The summed E-state index contributed by atoms with van der Waals surface area (Å²) in [5.74, 6) is 0.758. The number of methoxy groups -OCH3 is 1. The van der Waals surface area contributed by atoms with E-state index >= 15 is 0 Å². The number of para-hydroxylation sites is 1. The Morgan fingerprint density at radius 3 is 2.58 bits per heavy atom. The van der Waals surface area contributed by atoms with E-state index in [4.69, 9.17) is 25.5 Å². The Morgan fingerprint density at radius 2 is 1.83 bits per heavy atom. The van der Waals surface area contributed by atoms with E-state index in [0.29, 0.717) is 45.3 Å². The number of aryl methyl sites for hydroxylation is 1. The minimum absolute atomic E-state index is 0.0302. The van der Waals surface area contributed by atoms with Gasteiger partial charge in [-0.3, -0.25) is 14.5 Å². The van der Waals surface area contributed by atoms with Crippen LogP contribution in [0, 0.1) is 6.92 Å². The van der Waals surface area contributed by atoms with Crippen molar-refractivity contribution in [1.82, 2.24) is 0 Å². The van der Waals surface area contributed by atoms with E-state index in [0.717, 1.165) is 18.4 Å². The summed E-state index contributed by atoms with van der Waals surface area (Å²) in [6, 6.07) is 17.1. The standard InChI is InChI=1S/C29H26ClNO5/c1-4-5-14-35-23-13-11-18(15-24(23)34-3)26-25-27(32)20-8-6-7-9-22(20)36-28(25)29(33)31(26)19-12-10-17(2)21(30)16-19/h6-13,15-16,26H,4-5,14H2,1-3H3. The summed E-state index contributed by atoms with van der Waals surface area (Å²) >= 11 is 6.43. The molecule has 1 aromatic heterocycles. The molecule has 1 unspecified atom stereocenters. The van der Waals surface area contributed by atoms with Crippen LogP contribution in [-0.2, 0) is 0 Å². The average Bonchev–Trinajstić information content (AvgIpc) is 3.18. The van der Waals surface area contributed by atoms with Crippen molar-refractivity contribution < 1.29 is 18.7 Å². The highest BCUT2D eigenvalue weighted by molar-refractivity contribution is 6.31. The fourth-order valence-electron chi connectivity index (χ4n) is 4.53. The lowest BCUT2D eigenvalue weighted by Crippen LogP contribution is -2.29. The fourth-order valence-corrected chi connectivity index (χ4v) is 4.71. The molecule has 0 bridgehead atoms. The third-order valence-corrected chi connectivity index (χ3v) is 6.88. The molecule has 0 N–H and O–H groups in total. The number of carbonyl (C=O) groups is 1. The summed E-state index contributed by atoms with van der Waals surface area (Å²) in [5.41, 5.74) is 2.56. The molecule has 3 aromatic carbocycles. The Balaban J connectivity index is 1.71. The Bertz CT molecular complexity index is 1530. The number of amides is 1. The van der Waals surface area contributed by atoms with Gasteiger partial charge in [0.1, 0.15) is 5.58 Å². The third kappa shape index (κ3) is 4.01. The van der Waals surface area contributed by atoms with Crippen LogP contribution in [0.4, 0.5) is 5.69 Å². The van der Waals surface area contributed by atoms with Crippen molar-refractivity contribution >= 4 is 34.2 Å².